The number of aliphatic hydroxyl groups excluding tert-OH is 2. The van der Waals surface area contributed by atoms with Crippen molar-refractivity contribution in [1.82, 2.24) is 14.6 Å². The van der Waals surface area contributed by atoms with Gasteiger partial charge in [0.15, 0.2) is 0 Å². The third-order valence-corrected chi connectivity index (χ3v) is 8.10. The van der Waals surface area contributed by atoms with Crippen LogP contribution >= 0.6 is 11.6 Å². The van der Waals surface area contributed by atoms with Crippen LogP contribution in [-0.4, -0.2) is 67.0 Å². The van der Waals surface area contributed by atoms with Crippen molar-refractivity contribution in [3.63, 3.8) is 0 Å². The van der Waals surface area contributed by atoms with Crippen LogP contribution in [0, 0.1) is 6.92 Å². The van der Waals surface area contributed by atoms with Crippen LogP contribution < -0.4 is 14.2 Å². The Balaban J connectivity index is 1.36. The second-order valence-electron chi connectivity index (χ2n) is 10.3. The lowest BCUT2D eigenvalue weighted by molar-refractivity contribution is -0.150. The summed E-state index contributed by atoms with van der Waals surface area (Å²) in [7, 11) is -3.37. The monoisotopic (exact) mass is 599 g/mol. The van der Waals surface area contributed by atoms with Crippen LogP contribution in [-0.2, 0) is 16.4 Å². The molecule has 0 spiro atoms. The summed E-state index contributed by atoms with van der Waals surface area (Å²) < 4.78 is 36.5. The average molecular weight is 600 g/mol. The lowest BCUT2D eigenvalue weighted by Gasteiger charge is -2.38. The van der Waals surface area contributed by atoms with Crippen LogP contribution in [0.15, 0.2) is 66.7 Å². The molecule has 0 bridgehead atoms. The summed E-state index contributed by atoms with van der Waals surface area (Å²) in [6, 6.07) is 20.6. The maximum absolute atomic E-state index is 11.3. The van der Waals surface area contributed by atoms with Crippen molar-refractivity contribution >= 4 is 32.5 Å². The van der Waals surface area contributed by atoms with Gasteiger partial charge in [-0.15, -0.1) is 0 Å². The van der Waals surface area contributed by atoms with Gasteiger partial charge in [-0.05, 0) is 66.9 Å². The quantitative estimate of drug-likeness (QED) is 0.191. The van der Waals surface area contributed by atoms with Gasteiger partial charge in [0.2, 0.25) is 10.0 Å². The number of H-pyrrole nitrogens is 1. The normalized spacial score (nSPS) is 17.2. The summed E-state index contributed by atoms with van der Waals surface area (Å²) >= 11 is 6.32. The molecule has 0 saturated heterocycles. The molecule has 0 fully saturated rings. The standard InChI is InChI=1S/C30H34ClN3O6S/c1-19-3-8-24(9-4-19)40-30(36)34-15-13-25-26-17-21(31)7-12-27(26)33-28(25)29(34)20-5-10-23(11-6-20)39-16-14-22(35)18-32-41(2,37)38/h3-12,17,22,29-30,32-33,35-36H,13-16,18H2,1-2H3. The number of hydrogen-bond donors (Lipinski definition) is 4. The molecule has 0 radical (unpaired) electrons. The van der Waals surface area contributed by atoms with E-state index in [1.807, 2.05) is 78.6 Å². The number of sulfonamides is 1. The van der Waals surface area contributed by atoms with E-state index in [0.717, 1.165) is 39.5 Å². The molecule has 9 nitrogen and oxygen atoms in total. The minimum atomic E-state index is -3.37. The molecule has 3 atom stereocenters. The van der Waals surface area contributed by atoms with Crippen LogP contribution in [0.2, 0.25) is 5.02 Å². The second-order valence-corrected chi connectivity index (χ2v) is 12.6. The predicted molar refractivity (Wildman–Crippen MR) is 159 cm³/mol. The average Bonchev–Trinajstić information content (AvgIpc) is 3.30. The fourth-order valence-corrected chi connectivity index (χ4v) is 5.76. The van der Waals surface area contributed by atoms with Gasteiger partial charge in [-0.1, -0.05) is 41.4 Å². The zero-order valence-electron chi connectivity index (χ0n) is 22.9. The molecule has 0 amide bonds. The summed E-state index contributed by atoms with van der Waals surface area (Å²) in [6.07, 6.45) is -0.0256. The van der Waals surface area contributed by atoms with E-state index in [4.69, 9.17) is 21.1 Å². The van der Waals surface area contributed by atoms with Crippen LogP contribution in [0.25, 0.3) is 10.9 Å². The Morgan fingerprint density at radius 2 is 1.78 bits per heavy atom. The van der Waals surface area contributed by atoms with Gasteiger partial charge in [-0.25, -0.2) is 18.0 Å². The smallest absolute Gasteiger partial charge is 0.260 e. The van der Waals surface area contributed by atoms with Crippen molar-refractivity contribution in [2.75, 3.05) is 26.0 Å². The fourth-order valence-electron chi connectivity index (χ4n) is 5.09. The van der Waals surface area contributed by atoms with E-state index >= 15 is 0 Å². The number of halogens is 1. The molecule has 0 saturated carbocycles. The third kappa shape index (κ3) is 7.21. The first-order chi connectivity index (χ1) is 19.6. The molecule has 0 aliphatic carbocycles. The van der Waals surface area contributed by atoms with E-state index in [2.05, 4.69) is 9.71 Å². The topological polar surface area (TPSA) is 124 Å². The molecule has 2 heterocycles. The molecule has 4 aromatic rings. The van der Waals surface area contributed by atoms with E-state index < -0.39 is 22.5 Å². The third-order valence-electron chi connectivity index (χ3n) is 7.17. The number of benzene rings is 3. The lowest BCUT2D eigenvalue weighted by atomic mass is 9.92. The maximum Gasteiger partial charge on any atom is 0.260 e. The van der Waals surface area contributed by atoms with Gasteiger partial charge >= 0.3 is 0 Å². The first-order valence-electron chi connectivity index (χ1n) is 13.4. The summed E-state index contributed by atoms with van der Waals surface area (Å²) in [6.45, 7) is 2.71. The number of aliphatic hydroxyl groups is 2. The highest BCUT2D eigenvalue weighted by molar-refractivity contribution is 7.88. The Morgan fingerprint density at radius 3 is 2.49 bits per heavy atom. The Morgan fingerprint density at radius 1 is 1.07 bits per heavy atom. The second kappa shape index (κ2) is 12.4. The Bertz CT molecular complexity index is 1590. The molecule has 11 heteroatoms. The highest BCUT2D eigenvalue weighted by Gasteiger charge is 2.36. The molecule has 1 aliphatic heterocycles. The summed E-state index contributed by atoms with van der Waals surface area (Å²) in [5, 5.41) is 23.0. The van der Waals surface area contributed by atoms with Gasteiger partial charge in [0.1, 0.15) is 11.5 Å². The molecule has 3 aromatic carbocycles. The first kappa shape index (κ1) is 29.4. The van der Waals surface area contributed by atoms with Crippen LogP contribution in [0.1, 0.15) is 34.8 Å². The Kier molecular flexibility index (Phi) is 8.88. The van der Waals surface area contributed by atoms with Crippen molar-refractivity contribution < 1.29 is 28.1 Å². The Labute approximate surface area is 244 Å². The van der Waals surface area contributed by atoms with Gasteiger partial charge < -0.3 is 24.7 Å². The number of aromatic amines is 1. The number of aromatic nitrogens is 1. The van der Waals surface area contributed by atoms with Gasteiger partial charge in [-0.2, -0.15) is 0 Å². The molecule has 1 aliphatic rings. The number of aryl methyl sites for hydroxylation is 1. The number of fused-ring (bicyclic) bond motifs is 3. The molecule has 4 N–H and O–H groups in total. The predicted octanol–water partition coefficient (Wildman–Crippen LogP) is 4.11. The molecule has 41 heavy (non-hydrogen) atoms. The van der Waals surface area contributed by atoms with Crippen molar-refractivity contribution in [3.8, 4) is 11.5 Å². The fraction of sp³-hybridized carbons (Fsp3) is 0.333. The van der Waals surface area contributed by atoms with Crippen LogP contribution in [0.5, 0.6) is 11.5 Å². The molecule has 5 rings (SSSR count). The molecular weight excluding hydrogens is 566 g/mol. The number of nitrogens with zero attached hydrogens (tertiary/aromatic N) is 1. The summed E-state index contributed by atoms with van der Waals surface area (Å²) in [4.78, 5) is 5.47. The van der Waals surface area contributed by atoms with Crippen molar-refractivity contribution in [3.05, 3.63) is 94.1 Å². The van der Waals surface area contributed by atoms with Crippen LogP contribution in [0.4, 0.5) is 0 Å². The van der Waals surface area contributed by atoms with E-state index in [0.29, 0.717) is 29.5 Å². The van der Waals surface area contributed by atoms with E-state index in [1.165, 1.54) is 0 Å². The van der Waals surface area contributed by atoms with E-state index in [-0.39, 0.29) is 25.6 Å². The molecule has 218 valence electrons. The van der Waals surface area contributed by atoms with Crippen molar-refractivity contribution in [1.29, 1.82) is 0 Å². The number of nitrogens with one attached hydrogen (secondary N) is 2. The number of hydrogen-bond acceptors (Lipinski definition) is 7. The van der Waals surface area contributed by atoms with Gasteiger partial charge in [0.05, 0.1) is 25.0 Å². The van der Waals surface area contributed by atoms with Gasteiger partial charge in [0.25, 0.3) is 6.41 Å². The summed E-state index contributed by atoms with van der Waals surface area (Å²) in [5.74, 6) is 1.19. The highest BCUT2D eigenvalue weighted by Crippen LogP contribution is 2.40. The summed E-state index contributed by atoms with van der Waals surface area (Å²) in [5.41, 5.74) is 5.13. The van der Waals surface area contributed by atoms with Crippen molar-refractivity contribution in [2.24, 2.45) is 0 Å². The minimum absolute atomic E-state index is 0.0658. The zero-order valence-corrected chi connectivity index (χ0v) is 24.5. The maximum atomic E-state index is 11.3. The van der Waals surface area contributed by atoms with E-state index in [9.17, 15) is 18.6 Å². The highest BCUT2D eigenvalue weighted by atomic mass is 35.5. The largest absolute Gasteiger partial charge is 0.493 e. The lowest BCUT2D eigenvalue weighted by Crippen LogP contribution is -2.46. The van der Waals surface area contributed by atoms with Gasteiger partial charge in [0, 0.05) is 41.1 Å². The van der Waals surface area contributed by atoms with Crippen LogP contribution in [0.3, 0.4) is 0 Å². The van der Waals surface area contributed by atoms with Gasteiger partial charge in [-0.3, -0.25) is 0 Å². The SMILES string of the molecule is Cc1ccc(OC(O)N2CCc3c([nH]c4ccc(Cl)cc34)C2c2ccc(OCCC(O)CNS(C)(=O)=O)cc2)cc1. The number of rotatable bonds is 11. The molecular formula is C30H34ClN3O6S. The van der Waals surface area contributed by atoms with Crippen molar-refractivity contribution in [2.45, 2.75) is 38.3 Å². The molecule has 1 aromatic heterocycles. The van der Waals surface area contributed by atoms with E-state index in [1.54, 1.807) is 0 Å². The Hall–Kier alpha value is -3.12. The molecule has 3 unspecified atom stereocenters. The first-order valence-corrected chi connectivity index (χ1v) is 15.7. The number of ether oxygens (including phenoxy) is 2. The minimum Gasteiger partial charge on any atom is -0.493 e. The zero-order chi connectivity index (χ0) is 29.1.